The SMILES string of the molecule is CCCCC(=O)Nc1cc(NC(=O)OC(C)(C)C)ccc1NS(=O)(=O)c1ccc(C)c2ccccc12. The minimum Gasteiger partial charge on any atom is -0.444 e. The Labute approximate surface area is 212 Å². The fraction of sp³-hybridized carbons (Fsp3) is 0.333. The maximum Gasteiger partial charge on any atom is 0.412 e. The van der Waals surface area contributed by atoms with E-state index in [9.17, 15) is 18.0 Å². The van der Waals surface area contributed by atoms with E-state index >= 15 is 0 Å². The lowest BCUT2D eigenvalue weighted by Gasteiger charge is -2.20. The third kappa shape index (κ3) is 6.97. The molecule has 3 aromatic carbocycles. The second kappa shape index (κ2) is 11.0. The Kier molecular flexibility index (Phi) is 8.24. The van der Waals surface area contributed by atoms with Gasteiger partial charge in [0.2, 0.25) is 5.91 Å². The molecule has 0 saturated carbocycles. The molecule has 3 aromatic rings. The molecule has 2 amide bonds. The Morgan fingerprint density at radius 1 is 0.917 bits per heavy atom. The standard InChI is InChI=1S/C27H33N3O5S/c1-6-7-12-25(31)29-23-17-19(28-26(32)35-27(3,4)5)14-15-22(23)30-36(33,34)24-16-13-18(2)20-10-8-9-11-21(20)24/h8-11,13-17,30H,6-7,12H2,1-5H3,(H,28,32)(H,29,31). The average molecular weight is 512 g/mol. The lowest BCUT2D eigenvalue weighted by molar-refractivity contribution is -0.116. The number of fused-ring (bicyclic) bond motifs is 1. The number of amides is 2. The van der Waals surface area contributed by atoms with Crippen LogP contribution in [0.25, 0.3) is 10.8 Å². The molecular weight excluding hydrogens is 478 g/mol. The Hall–Kier alpha value is -3.59. The van der Waals surface area contributed by atoms with Crippen LogP contribution in [0.3, 0.4) is 0 Å². The maximum absolute atomic E-state index is 13.4. The molecule has 0 atom stereocenters. The van der Waals surface area contributed by atoms with Gasteiger partial charge >= 0.3 is 6.09 Å². The van der Waals surface area contributed by atoms with Crippen molar-refractivity contribution in [2.24, 2.45) is 0 Å². The number of hydrogen-bond donors (Lipinski definition) is 3. The molecule has 3 N–H and O–H groups in total. The van der Waals surface area contributed by atoms with Crippen LogP contribution in [0.5, 0.6) is 0 Å². The Morgan fingerprint density at radius 3 is 2.28 bits per heavy atom. The van der Waals surface area contributed by atoms with Crippen molar-refractivity contribution in [3.05, 3.63) is 60.2 Å². The van der Waals surface area contributed by atoms with Crippen LogP contribution in [0, 0.1) is 6.92 Å². The van der Waals surface area contributed by atoms with Crippen molar-refractivity contribution in [2.75, 3.05) is 15.4 Å². The van der Waals surface area contributed by atoms with Gasteiger partial charge in [0, 0.05) is 17.5 Å². The number of carbonyl (C=O) groups is 2. The number of rotatable bonds is 8. The van der Waals surface area contributed by atoms with Crippen LogP contribution in [0.1, 0.15) is 52.5 Å². The number of unbranched alkanes of at least 4 members (excludes halogenated alkanes) is 1. The second-order valence-electron chi connectivity index (χ2n) is 9.57. The summed E-state index contributed by atoms with van der Waals surface area (Å²) in [6, 6.07) is 15.1. The van der Waals surface area contributed by atoms with Gasteiger partial charge in [-0.2, -0.15) is 0 Å². The predicted octanol–water partition coefficient (Wildman–Crippen LogP) is 6.42. The first-order valence-corrected chi connectivity index (χ1v) is 13.3. The van der Waals surface area contributed by atoms with Crippen LogP contribution < -0.4 is 15.4 Å². The van der Waals surface area contributed by atoms with Crippen molar-refractivity contribution >= 4 is 49.9 Å². The highest BCUT2D eigenvalue weighted by Crippen LogP contribution is 2.32. The van der Waals surface area contributed by atoms with Gasteiger partial charge in [0.05, 0.1) is 16.3 Å². The maximum atomic E-state index is 13.4. The van der Waals surface area contributed by atoms with Gasteiger partial charge < -0.3 is 10.1 Å². The molecule has 0 unspecified atom stereocenters. The number of sulfonamides is 1. The van der Waals surface area contributed by atoms with Gasteiger partial charge in [0.1, 0.15) is 5.60 Å². The summed E-state index contributed by atoms with van der Waals surface area (Å²) < 4.78 is 34.8. The number of nitrogens with one attached hydrogen (secondary N) is 3. The normalized spacial score (nSPS) is 11.7. The lowest BCUT2D eigenvalue weighted by Crippen LogP contribution is -2.27. The van der Waals surface area contributed by atoms with E-state index < -0.39 is 21.7 Å². The van der Waals surface area contributed by atoms with Gasteiger partial charge in [-0.3, -0.25) is 14.8 Å². The summed E-state index contributed by atoms with van der Waals surface area (Å²) in [5, 5.41) is 6.82. The molecular formula is C27H33N3O5S. The fourth-order valence-electron chi connectivity index (χ4n) is 3.64. The Bertz CT molecular complexity index is 1380. The van der Waals surface area contributed by atoms with E-state index in [-0.39, 0.29) is 28.6 Å². The fourth-order valence-corrected chi connectivity index (χ4v) is 4.93. The van der Waals surface area contributed by atoms with E-state index in [1.165, 1.54) is 18.2 Å². The third-order valence-corrected chi connectivity index (χ3v) is 6.76. The van der Waals surface area contributed by atoms with Gasteiger partial charge in [0.25, 0.3) is 10.0 Å². The molecule has 0 aliphatic rings. The molecule has 0 aliphatic heterocycles. The lowest BCUT2D eigenvalue weighted by atomic mass is 10.1. The summed E-state index contributed by atoms with van der Waals surface area (Å²) in [4.78, 5) is 24.8. The first kappa shape index (κ1) is 27.0. The van der Waals surface area contributed by atoms with Gasteiger partial charge in [-0.05, 0) is 69.3 Å². The number of ether oxygens (including phenoxy) is 1. The number of carbonyl (C=O) groups excluding carboxylic acids is 2. The zero-order valence-electron chi connectivity index (χ0n) is 21.3. The van der Waals surface area contributed by atoms with Crippen molar-refractivity contribution < 1.29 is 22.7 Å². The van der Waals surface area contributed by atoms with Crippen LogP contribution in [0.2, 0.25) is 0 Å². The average Bonchev–Trinajstić information content (AvgIpc) is 2.78. The zero-order chi connectivity index (χ0) is 26.5. The van der Waals surface area contributed by atoms with Gasteiger partial charge in [-0.15, -0.1) is 0 Å². The summed E-state index contributed by atoms with van der Waals surface area (Å²) in [6.07, 6.45) is 1.16. The van der Waals surface area contributed by atoms with Gasteiger partial charge in [-0.1, -0.05) is 43.7 Å². The van der Waals surface area contributed by atoms with Crippen molar-refractivity contribution in [1.29, 1.82) is 0 Å². The first-order chi connectivity index (χ1) is 16.9. The molecule has 9 heteroatoms. The van der Waals surface area contributed by atoms with Crippen LogP contribution in [-0.4, -0.2) is 26.0 Å². The molecule has 0 spiro atoms. The quantitative estimate of drug-likeness (QED) is 0.323. The summed E-state index contributed by atoms with van der Waals surface area (Å²) >= 11 is 0. The molecule has 3 rings (SSSR count). The molecule has 0 aliphatic carbocycles. The van der Waals surface area contributed by atoms with Crippen molar-refractivity contribution in [2.45, 2.75) is 64.4 Å². The first-order valence-electron chi connectivity index (χ1n) is 11.8. The third-order valence-electron chi connectivity index (χ3n) is 5.33. The minimum absolute atomic E-state index is 0.128. The van der Waals surface area contributed by atoms with Crippen LogP contribution in [-0.2, 0) is 19.6 Å². The highest BCUT2D eigenvalue weighted by molar-refractivity contribution is 7.93. The molecule has 0 heterocycles. The summed E-state index contributed by atoms with van der Waals surface area (Å²) in [5.41, 5.74) is 1.03. The summed E-state index contributed by atoms with van der Waals surface area (Å²) in [5.74, 6) is -0.257. The van der Waals surface area contributed by atoms with E-state index in [0.29, 0.717) is 17.5 Å². The minimum atomic E-state index is -4.01. The largest absolute Gasteiger partial charge is 0.444 e. The van der Waals surface area contributed by atoms with Crippen molar-refractivity contribution in [1.82, 2.24) is 0 Å². The molecule has 0 saturated heterocycles. The van der Waals surface area contributed by atoms with Crippen molar-refractivity contribution in [3.63, 3.8) is 0 Å². The molecule has 0 aromatic heterocycles. The topological polar surface area (TPSA) is 114 Å². The molecule has 0 fully saturated rings. The van der Waals surface area contributed by atoms with Crippen LogP contribution in [0.15, 0.2) is 59.5 Å². The monoisotopic (exact) mass is 511 g/mol. The summed E-state index contributed by atoms with van der Waals surface area (Å²) in [7, 11) is -4.01. The summed E-state index contributed by atoms with van der Waals surface area (Å²) in [6.45, 7) is 9.15. The van der Waals surface area contributed by atoms with Gasteiger partial charge in [0.15, 0.2) is 0 Å². The molecule has 192 valence electrons. The van der Waals surface area contributed by atoms with Crippen molar-refractivity contribution in [3.8, 4) is 0 Å². The highest BCUT2D eigenvalue weighted by atomic mass is 32.2. The zero-order valence-corrected chi connectivity index (χ0v) is 22.1. The molecule has 36 heavy (non-hydrogen) atoms. The Balaban J connectivity index is 1.97. The van der Waals surface area contributed by atoms with Gasteiger partial charge in [-0.25, -0.2) is 13.2 Å². The van der Waals surface area contributed by atoms with Crippen LogP contribution in [0.4, 0.5) is 21.9 Å². The number of aryl methyl sites for hydroxylation is 1. The molecule has 8 nitrogen and oxygen atoms in total. The Morgan fingerprint density at radius 2 is 1.61 bits per heavy atom. The molecule has 0 bridgehead atoms. The smallest absolute Gasteiger partial charge is 0.412 e. The predicted molar refractivity (Wildman–Crippen MR) is 144 cm³/mol. The highest BCUT2D eigenvalue weighted by Gasteiger charge is 2.21. The second-order valence-corrected chi connectivity index (χ2v) is 11.2. The molecule has 0 radical (unpaired) electrons. The van der Waals surface area contributed by atoms with E-state index in [1.54, 1.807) is 45.0 Å². The van der Waals surface area contributed by atoms with E-state index in [1.807, 2.05) is 26.0 Å². The van der Waals surface area contributed by atoms with Crippen LogP contribution >= 0.6 is 0 Å². The van der Waals surface area contributed by atoms with E-state index in [4.69, 9.17) is 4.74 Å². The van der Waals surface area contributed by atoms with E-state index in [0.717, 1.165) is 17.4 Å². The number of benzene rings is 3. The van der Waals surface area contributed by atoms with E-state index in [2.05, 4.69) is 15.4 Å². The number of hydrogen-bond acceptors (Lipinski definition) is 5. The number of anilines is 3.